The third-order valence-corrected chi connectivity index (χ3v) is 4.04. The van der Waals surface area contributed by atoms with Crippen LogP contribution in [0.5, 0.6) is 0 Å². The number of aliphatic imine (C=N–C) groups is 1. The molecule has 0 amide bonds. The Bertz CT molecular complexity index is 426. The van der Waals surface area contributed by atoms with Crippen molar-refractivity contribution in [3.05, 3.63) is 34.9 Å². The molecule has 0 aromatic heterocycles. The van der Waals surface area contributed by atoms with Gasteiger partial charge in [-0.3, -0.25) is 4.99 Å². The molecule has 22 heavy (non-hydrogen) atoms. The number of hydrogen-bond acceptors (Lipinski definition) is 2. The van der Waals surface area contributed by atoms with Crippen LogP contribution in [0.4, 0.5) is 0 Å². The average Bonchev–Trinajstić information content (AvgIpc) is 2.47. The third-order valence-electron chi connectivity index (χ3n) is 3.09. The molecule has 126 valence electrons. The molecule has 0 fully saturated rings. The number of nitrogens with one attached hydrogen (secondary N) is 2. The Kier molecular flexibility index (Phi) is 13.2. The van der Waals surface area contributed by atoms with Crippen LogP contribution in [0.3, 0.4) is 0 Å². The summed E-state index contributed by atoms with van der Waals surface area (Å²) in [6.07, 6.45) is 4.49. The van der Waals surface area contributed by atoms with Gasteiger partial charge in [-0.1, -0.05) is 23.7 Å². The van der Waals surface area contributed by atoms with Crippen molar-refractivity contribution in [1.82, 2.24) is 10.6 Å². The van der Waals surface area contributed by atoms with Gasteiger partial charge in [0.1, 0.15) is 0 Å². The molecule has 0 radical (unpaired) electrons. The van der Waals surface area contributed by atoms with Gasteiger partial charge >= 0.3 is 0 Å². The summed E-state index contributed by atoms with van der Waals surface area (Å²) in [4.78, 5) is 4.63. The lowest BCUT2D eigenvalue weighted by molar-refractivity contribution is 0.682. The quantitative estimate of drug-likeness (QED) is 0.258. The molecule has 1 rings (SSSR count). The minimum atomic E-state index is 0. The molecule has 1 atom stereocenters. The van der Waals surface area contributed by atoms with Crippen molar-refractivity contribution in [2.75, 3.05) is 25.1 Å². The number of rotatable bonds is 8. The van der Waals surface area contributed by atoms with Gasteiger partial charge in [0.25, 0.3) is 0 Å². The van der Waals surface area contributed by atoms with Crippen LogP contribution in [-0.2, 0) is 0 Å². The van der Waals surface area contributed by atoms with Crippen molar-refractivity contribution in [2.45, 2.75) is 32.7 Å². The van der Waals surface area contributed by atoms with Crippen LogP contribution in [0.1, 0.15) is 38.3 Å². The molecule has 0 saturated carbocycles. The fraction of sp³-hybridized carbons (Fsp3) is 0.562. The van der Waals surface area contributed by atoms with Gasteiger partial charge in [-0.05, 0) is 56.4 Å². The van der Waals surface area contributed by atoms with Crippen LogP contribution in [0.15, 0.2) is 29.3 Å². The Hall–Kier alpha value is -0.140. The molecule has 0 aliphatic heterocycles. The summed E-state index contributed by atoms with van der Waals surface area (Å²) in [5.74, 6) is 2.09. The van der Waals surface area contributed by atoms with Gasteiger partial charge in [0.2, 0.25) is 0 Å². The van der Waals surface area contributed by atoms with Crippen LogP contribution < -0.4 is 10.6 Å². The van der Waals surface area contributed by atoms with E-state index in [4.69, 9.17) is 11.6 Å². The van der Waals surface area contributed by atoms with Crippen LogP contribution >= 0.6 is 47.3 Å². The summed E-state index contributed by atoms with van der Waals surface area (Å²) < 4.78 is 0. The van der Waals surface area contributed by atoms with Gasteiger partial charge in [0.15, 0.2) is 5.96 Å². The molecule has 0 bridgehead atoms. The van der Waals surface area contributed by atoms with Gasteiger partial charge < -0.3 is 10.6 Å². The van der Waals surface area contributed by atoms with Gasteiger partial charge in [-0.25, -0.2) is 0 Å². The molecule has 6 heteroatoms. The number of thioether (sulfide) groups is 1. The van der Waals surface area contributed by atoms with E-state index < -0.39 is 0 Å². The molecule has 0 saturated heterocycles. The Morgan fingerprint density at radius 2 is 1.95 bits per heavy atom. The van der Waals surface area contributed by atoms with E-state index in [0.717, 1.165) is 30.5 Å². The summed E-state index contributed by atoms with van der Waals surface area (Å²) in [5, 5.41) is 7.49. The average molecular weight is 456 g/mol. The van der Waals surface area contributed by atoms with Crippen LogP contribution in [0.25, 0.3) is 0 Å². The lowest BCUT2D eigenvalue weighted by Crippen LogP contribution is -2.38. The maximum atomic E-state index is 5.92. The zero-order valence-corrected chi connectivity index (χ0v) is 17.5. The van der Waals surface area contributed by atoms with Crippen LogP contribution in [0, 0.1) is 0 Å². The van der Waals surface area contributed by atoms with E-state index in [9.17, 15) is 0 Å². The Morgan fingerprint density at radius 1 is 1.27 bits per heavy atom. The predicted molar refractivity (Wildman–Crippen MR) is 112 cm³/mol. The summed E-state index contributed by atoms with van der Waals surface area (Å²) in [6, 6.07) is 8.12. The van der Waals surface area contributed by atoms with Gasteiger partial charge in [-0.15, -0.1) is 24.0 Å². The topological polar surface area (TPSA) is 36.4 Å². The first-order chi connectivity index (χ1) is 10.2. The van der Waals surface area contributed by atoms with Crippen molar-refractivity contribution in [2.24, 2.45) is 4.99 Å². The molecule has 2 N–H and O–H groups in total. The summed E-state index contributed by atoms with van der Waals surface area (Å²) in [7, 11) is 0. The highest BCUT2D eigenvalue weighted by Gasteiger charge is 2.07. The Balaban J connectivity index is 0.00000441. The first-order valence-corrected chi connectivity index (χ1v) is 9.23. The number of nitrogens with zero attached hydrogens (tertiary/aromatic N) is 1. The number of hydrogen-bond donors (Lipinski definition) is 2. The molecular weight excluding hydrogens is 429 g/mol. The Labute approximate surface area is 161 Å². The zero-order valence-electron chi connectivity index (χ0n) is 13.6. The van der Waals surface area contributed by atoms with E-state index in [1.165, 1.54) is 17.7 Å². The zero-order chi connectivity index (χ0) is 15.5. The fourth-order valence-corrected chi connectivity index (χ4v) is 2.53. The lowest BCUT2D eigenvalue weighted by atomic mass is 10.1. The first kappa shape index (κ1) is 21.9. The monoisotopic (exact) mass is 455 g/mol. The predicted octanol–water partition coefficient (Wildman–Crippen LogP) is 4.72. The van der Waals surface area contributed by atoms with Crippen molar-refractivity contribution in [1.29, 1.82) is 0 Å². The lowest BCUT2D eigenvalue weighted by Gasteiger charge is -2.18. The minimum Gasteiger partial charge on any atom is -0.357 e. The Morgan fingerprint density at radius 3 is 2.55 bits per heavy atom. The second-order valence-electron chi connectivity index (χ2n) is 4.88. The van der Waals surface area contributed by atoms with Gasteiger partial charge in [-0.2, -0.15) is 11.8 Å². The molecule has 1 aromatic rings. The second-order valence-corrected chi connectivity index (χ2v) is 6.30. The van der Waals surface area contributed by atoms with E-state index >= 15 is 0 Å². The third kappa shape index (κ3) is 9.10. The molecule has 0 spiro atoms. The van der Waals surface area contributed by atoms with Gasteiger partial charge in [0.05, 0.1) is 6.04 Å². The molecule has 1 unspecified atom stereocenters. The van der Waals surface area contributed by atoms with Crippen molar-refractivity contribution in [3.8, 4) is 0 Å². The highest BCUT2D eigenvalue weighted by Crippen LogP contribution is 2.15. The molecule has 1 aromatic carbocycles. The maximum Gasteiger partial charge on any atom is 0.191 e. The SMILES string of the molecule is CCNC(=NCCCCSC)NC(C)c1ccc(Cl)cc1.I. The second kappa shape index (κ2) is 13.3. The van der Waals surface area contributed by atoms with E-state index in [0.29, 0.717) is 0 Å². The van der Waals surface area contributed by atoms with Crippen LogP contribution in [0.2, 0.25) is 5.02 Å². The van der Waals surface area contributed by atoms with E-state index in [1.54, 1.807) is 0 Å². The summed E-state index contributed by atoms with van der Waals surface area (Å²) in [6.45, 7) is 5.94. The van der Waals surface area contributed by atoms with E-state index in [-0.39, 0.29) is 30.0 Å². The maximum absolute atomic E-state index is 5.92. The normalized spacial score (nSPS) is 12.5. The molecule has 0 aliphatic rings. The largest absolute Gasteiger partial charge is 0.357 e. The number of benzene rings is 1. The molecule has 0 heterocycles. The first-order valence-electron chi connectivity index (χ1n) is 7.46. The van der Waals surface area contributed by atoms with Gasteiger partial charge in [0, 0.05) is 18.1 Å². The number of halogens is 2. The fourth-order valence-electron chi connectivity index (χ4n) is 1.91. The summed E-state index contributed by atoms with van der Waals surface area (Å²) in [5.41, 5.74) is 1.20. The highest BCUT2D eigenvalue weighted by molar-refractivity contribution is 14.0. The molecular formula is C16H27ClIN3S. The molecule has 3 nitrogen and oxygen atoms in total. The minimum absolute atomic E-state index is 0. The molecule has 0 aliphatic carbocycles. The van der Waals surface area contributed by atoms with Crippen molar-refractivity contribution >= 4 is 53.3 Å². The number of guanidine groups is 1. The smallest absolute Gasteiger partial charge is 0.191 e. The van der Waals surface area contributed by atoms with E-state index in [1.807, 2.05) is 36.0 Å². The standard InChI is InChI=1S/C16H26ClN3S.HI/c1-4-18-16(19-11-5-6-12-21-3)20-13(2)14-7-9-15(17)10-8-14;/h7-10,13H,4-6,11-12H2,1-3H3,(H2,18,19,20);1H. The highest BCUT2D eigenvalue weighted by atomic mass is 127. The van der Waals surface area contributed by atoms with E-state index in [2.05, 4.69) is 35.7 Å². The number of unbranched alkanes of at least 4 members (excludes halogenated alkanes) is 1. The van der Waals surface area contributed by atoms with Crippen molar-refractivity contribution in [3.63, 3.8) is 0 Å². The van der Waals surface area contributed by atoms with Crippen LogP contribution in [-0.4, -0.2) is 31.1 Å². The summed E-state index contributed by atoms with van der Waals surface area (Å²) >= 11 is 7.81. The van der Waals surface area contributed by atoms with Crippen molar-refractivity contribution < 1.29 is 0 Å².